The molecule has 1 atom stereocenters. The van der Waals surface area contributed by atoms with E-state index in [1.807, 2.05) is 13.8 Å². The van der Waals surface area contributed by atoms with Crippen LogP contribution in [-0.4, -0.2) is 17.1 Å². The van der Waals surface area contributed by atoms with E-state index < -0.39 is 0 Å². The molecular weight excluding hydrogens is 190 g/mol. The molecule has 15 heavy (non-hydrogen) atoms. The van der Waals surface area contributed by atoms with Gasteiger partial charge < -0.3 is 5.32 Å². The molecule has 1 unspecified atom stereocenters. The SMILES string of the molecule is CCCCC1=C(C)N(N)C(CC)NC1=O. The number of nitrogens with one attached hydrogen (secondary N) is 1. The molecule has 1 rings (SSSR count). The summed E-state index contributed by atoms with van der Waals surface area (Å²) < 4.78 is 0. The van der Waals surface area contributed by atoms with E-state index in [-0.39, 0.29) is 12.1 Å². The average molecular weight is 211 g/mol. The van der Waals surface area contributed by atoms with E-state index in [1.165, 1.54) is 0 Å². The predicted molar refractivity (Wildman–Crippen MR) is 60.5 cm³/mol. The molecule has 0 saturated carbocycles. The van der Waals surface area contributed by atoms with Crippen LogP contribution < -0.4 is 11.2 Å². The third kappa shape index (κ3) is 2.50. The Morgan fingerprint density at radius 3 is 2.67 bits per heavy atom. The number of hydrazine groups is 1. The third-order valence-electron chi connectivity index (χ3n) is 2.90. The number of allylic oxidation sites excluding steroid dienone is 1. The molecule has 4 heteroatoms. The molecule has 1 amide bonds. The molecule has 0 radical (unpaired) electrons. The first-order valence-electron chi connectivity index (χ1n) is 5.66. The number of amides is 1. The minimum Gasteiger partial charge on any atom is -0.331 e. The Morgan fingerprint density at radius 1 is 1.47 bits per heavy atom. The summed E-state index contributed by atoms with van der Waals surface area (Å²) in [5.74, 6) is 5.97. The number of nitrogens with two attached hydrogens (primary N) is 1. The first kappa shape index (κ1) is 12.0. The molecule has 1 aliphatic heterocycles. The lowest BCUT2D eigenvalue weighted by molar-refractivity contribution is -0.120. The van der Waals surface area contributed by atoms with Crippen LogP contribution in [0, 0.1) is 0 Å². The summed E-state index contributed by atoms with van der Waals surface area (Å²) >= 11 is 0. The highest BCUT2D eigenvalue weighted by molar-refractivity contribution is 5.95. The minimum absolute atomic E-state index is 0.0505. The standard InChI is InChI=1S/C11H21N3O/c1-4-6-7-9-8(3)14(12)10(5-2)13-11(9)15/h10H,4-7,12H2,1-3H3,(H,13,15). The predicted octanol–water partition coefficient (Wildman–Crippen LogP) is 1.49. The van der Waals surface area contributed by atoms with Gasteiger partial charge in [0.1, 0.15) is 6.17 Å². The quantitative estimate of drug-likeness (QED) is 0.693. The molecule has 0 aromatic rings. The molecule has 0 fully saturated rings. The number of carbonyl (C=O) groups is 1. The summed E-state index contributed by atoms with van der Waals surface area (Å²) in [4.78, 5) is 11.8. The van der Waals surface area contributed by atoms with Crippen molar-refractivity contribution in [3.05, 3.63) is 11.3 Å². The number of rotatable bonds is 4. The summed E-state index contributed by atoms with van der Waals surface area (Å²) in [7, 11) is 0. The largest absolute Gasteiger partial charge is 0.331 e. The first-order valence-corrected chi connectivity index (χ1v) is 5.66. The topological polar surface area (TPSA) is 58.4 Å². The maximum atomic E-state index is 11.8. The van der Waals surface area contributed by atoms with Gasteiger partial charge in [0.05, 0.1) is 0 Å². The Labute approximate surface area is 91.5 Å². The Balaban J connectivity index is 2.82. The van der Waals surface area contributed by atoms with Crippen LogP contribution in [0.5, 0.6) is 0 Å². The van der Waals surface area contributed by atoms with E-state index in [0.29, 0.717) is 0 Å². The first-order chi connectivity index (χ1) is 7.11. The fraction of sp³-hybridized carbons (Fsp3) is 0.727. The Kier molecular flexibility index (Phi) is 4.15. The van der Waals surface area contributed by atoms with Crippen molar-refractivity contribution in [2.75, 3.05) is 0 Å². The van der Waals surface area contributed by atoms with Crippen LogP contribution in [0.3, 0.4) is 0 Å². The van der Waals surface area contributed by atoms with Crippen LogP contribution in [0.25, 0.3) is 0 Å². The third-order valence-corrected chi connectivity index (χ3v) is 2.90. The second-order valence-electron chi connectivity index (χ2n) is 3.97. The van der Waals surface area contributed by atoms with Crippen LogP contribution in [-0.2, 0) is 4.79 Å². The highest BCUT2D eigenvalue weighted by Gasteiger charge is 2.27. The van der Waals surface area contributed by atoms with Gasteiger partial charge in [0.15, 0.2) is 0 Å². The zero-order chi connectivity index (χ0) is 11.4. The lowest BCUT2D eigenvalue weighted by atomic mass is 10.0. The highest BCUT2D eigenvalue weighted by Crippen LogP contribution is 2.20. The molecular formula is C11H21N3O. The summed E-state index contributed by atoms with van der Waals surface area (Å²) in [5, 5.41) is 4.58. The summed E-state index contributed by atoms with van der Waals surface area (Å²) in [6, 6.07) is 0. The summed E-state index contributed by atoms with van der Waals surface area (Å²) in [6.07, 6.45) is 3.71. The molecule has 4 nitrogen and oxygen atoms in total. The molecule has 0 bridgehead atoms. The van der Waals surface area contributed by atoms with Crippen molar-refractivity contribution in [2.24, 2.45) is 5.84 Å². The molecule has 0 aromatic carbocycles. The van der Waals surface area contributed by atoms with Crippen LogP contribution >= 0.6 is 0 Å². The van der Waals surface area contributed by atoms with Gasteiger partial charge in [-0.15, -0.1) is 0 Å². The molecule has 0 saturated heterocycles. The lowest BCUT2D eigenvalue weighted by Gasteiger charge is -2.35. The monoisotopic (exact) mass is 211 g/mol. The second kappa shape index (κ2) is 5.16. The van der Waals surface area contributed by atoms with Gasteiger partial charge in [0.2, 0.25) is 0 Å². The summed E-state index contributed by atoms with van der Waals surface area (Å²) in [6.45, 7) is 6.05. The number of unbranched alkanes of at least 4 members (excludes halogenated alkanes) is 1. The van der Waals surface area contributed by atoms with Crippen LogP contribution in [0.2, 0.25) is 0 Å². The van der Waals surface area contributed by atoms with Crippen molar-refractivity contribution in [3.8, 4) is 0 Å². The Morgan fingerprint density at radius 2 is 2.13 bits per heavy atom. The Hall–Kier alpha value is -1.03. The zero-order valence-electron chi connectivity index (χ0n) is 9.84. The van der Waals surface area contributed by atoms with Crippen molar-refractivity contribution >= 4 is 5.91 Å². The lowest BCUT2D eigenvalue weighted by Crippen LogP contribution is -2.55. The van der Waals surface area contributed by atoms with Crippen molar-refractivity contribution in [1.29, 1.82) is 0 Å². The maximum Gasteiger partial charge on any atom is 0.250 e. The van der Waals surface area contributed by atoms with Crippen molar-refractivity contribution in [2.45, 2.75) is 52.6 Å². The van der Waals surface area contributed by atoms with Crippen molar-refractivity contribution < 1.29 is 4.79 Å². The molecule has 1 aliphatic rings. The van der Waals surface area contributed by atoms with Gasteiger partial charge >= 0.3 is 0 Å². The van der Waals surface area contributed by atoms with Gasteiger partial charge in [0.25, 0.3) is 5.91 Å². The fourth-order valence-corrected chi connectivity index (χ4v) is 1.81. The van der Waals surface area contributed by atoms with Gasteiger partial charge in [-0.05, 0) is 26.2 Å². The second-order valence-corrected chi connectivity index (χ2v) is 3.97. The van der Waals surface area contributed by atoms with Crippen molar-refractivity contribution in [3.63, 3.8) is 0 Å². The normalized spacial score (nSPS) is 22.0. The molecule has 0 spiro atoms. The number of nitrogens with zero attached hydrogens (tertiary/aromatic N) is 1. The van der Waals surface area contributed by atoms with Crippen LogP contribution in [0.4, 0.5) is 0 Å². The average Bonchev–Trinajstić information content (AvgIpc) is 2.23. The van der Waals surface area contributed by atoms with E-state index in [4.69, 9.17) is 5.84 Å². The molecule has 3 N–H and O–H groups in total. The van der Waals surface area contributed by atoms with Gasteiger partial charge in [-0.2, -0.15) is 0 Å². The van der Waals surface area contributed by atoms with E-state index in [0.717, 1.165) is 37.0 Å². The van der Waals surface area contributed by atoms with Crippen molar-refractivity contribution in [1.82, 2.24) is 10.3 Å². The smallest absolute Gasteiger partial charge is 0.250 e. The van der Waals surface area contributed by atoms with Gasteiger partial charge in [-0.1, -0.05) is 20.3 Å². The van der Waals surface area contributed by atoms with E-state index in [2.05, 4.69) is 12.2 Å². The molecule has 0 aliphatic carbocycles. The van der Waals surface area contributed by atoms with Crippen LogP contribution in [0.15, 0.2) is 11.3 Å². The minimum atomic E-state index is -0.0529. The molecule has 0 aromatic heterocycles. The van der Waals surface area contributed by atoms with E-state index in [1.54, 1.807) is 5.01 Å². The molecule has 86 valence electrons. The number of hydrogen-bond donors (Lipinski definition) is 2. The van der Waals surface area contributed by atoms with Gasteiger partial charge in [-0.3, -0.25) is 9.80 Å². The van der Waals surface area contributed by atoms with Gasteiger partial charge in [0, 0.05) is 11.3 Å². The highest BCUT2D eigenvalue weighted by atomic mass is 16.2. The van der Waals surface area contributed by atoms with E-state index in [9.17, 15) is 4.79 Å². The Bertz CT molecular complexity index is 273. The number of hydrogen-bond acceptors (Lipinski definition) is 3. The zero-order valence-corrected chi connectivity index (χ0v) is 9.84. The van der Waals surface area contributed by atoms with Crippen LogP contribution in [0.1, 0.15) is 46.5 Å². The maximum absolute atomic E-state index is 11.8. The van der Waals surface area contributed by atoms with E-state index >= 15 is 0 Å². The number of carbonyl (C=O) groups excluding carboxylic acids is 1. The van der Waals surface area contributed by atoms with Gasteiger partial charge in [-0.25, -0.2) is 5.84 Å². The fourth-order valence-electron chi connectivity index (χ4n) is 1.81. The molecule has 1 heterocycles. The summed E-state index contributed by atoms with van der Waals surface area (Å²) in [5.41, 5.74) is 1.75.